The lowest BCUT2D eigenvalue weighted by Crippen LogP contribution is -1.91. The topological polar surface area (TPSA) is 63.3 Å². The Labute approximate surface area is 138 Å². The van der Waals surface area contributed by atoms with Crippen LogP contribution in [-0.2, 0) is 0 Å². The number of aromatic carboxylic acids is 1. The van der Waals surface area contributed by atoms with Crippen molar-refractivity contribution in [2.75, 3.05) is 0 Å². The minimum atomic E-state index is -1.10. The summed E-state index contributed by atoms with van der Waals surface area (Å²) >= 11 is 0. The molecule has 0 atom stereocenters. The van der Waals surface area contributed by atoms with E-state index in [1.54, 1.807) is 6.07 Å². The molecule has 0 unspecified atom stereocenters. The van der Waals surface area contributed by atoms with Gasteiger partial charge in [-0.3, -0.25) is 0 Å². The van der Waals surface area contributed by atoms with Gasteiger partial charge in [0.15, 0.2) is 5.58 Å². The first-order chi connectivity index (χ1) is 11.7. The summed E-state index contributed by atoms with van der Waals surface area (Å²) in [5, 5.41) is 8.99. The summed E-state index contributed by atoms with van der Waals surface area (Å²) < 4.78 is 5.24. The zero-order chi connectivity index (χ0) is 16.5. The lowest BCUT2D eigenvalue weighted by atomic mass is 10.0. The van der Waals surface area contributed by atoms with Crippen molar-refractivity contribution in [1.82, 2.24) is 4.98 Å². The van der Waals surface area contributed by atoms with Crippen LogP contribution >= 0.6 is 0 Å². The quantitative estimate of drug-likeness (QED) is 0.586. The van der Waals surface area contributed by atoms with Gasteiger partial charge in [0.1, 0.15) is 5.52 Å². The van der Waals surface area contributed by atoms with Crippen molar-refractivity contribution in [3.05, 3.63) is 78.6 Å². The molecule has 0 aliphatic heterocycles. The van der Waals surface area contributed by atoms with Crippen LogP contribution in [0.3, 0.4) is 0 Å². The maximum atomic E-state index is 11.0. The minimum Gasteiger partial charge on any atom is -0.475 e. The molecule has 0 saturated carbocycles. The summed E-state index contributed by atoms with van der Waals surface area (Å²) in [6.07, 6.45) is 0. The van der Waals surface area contributed by atoms with Crippen LogP contribution in [-0.4, -0.2) is 16.1 Å². The maximum absolute atomic E-state index is 11.0. The average Bonchev–Trinajstić information content (AvgIpc) is 3.06. The molecular formula is C20H13NO3. The number of hydrogen-bond donors (Lipinski definition) is 1. The smallest absolute Gasteiger partial charge is 0.371 e. The number of benzene rings is 2. The second-order valence-corrected chi connectivity index (χ2v) is 5.44. The molecule has 4 aromatic rings. The summed E-state index contributed by atoms with van der Waals surface area (Å²) in [7, 11) is 0. The van der Waals surface area contributed by atoms with Crippen LogP contribution in [0.2, 0.25) is 0 Å². The predicted molar refractivity (Wildman–Crippen MR) is 91.8 cm³/mol. The number of pyridine rings is 1. The molecule has 0 saturated heterocycles. The lowest BCUT2D eigenvalue weighted by molar-refractivity contribution is 0.0665. The summed E-state index contributed by atoms with van der Waals surface area (Å²) in [5.41, 5.74) is 5.05. The van der Waals surface area contributed by atoms with E-state index >= 15 is 0 Å². The van der Waals surface area contributed by atoms with Gasteiger partial charge in [-0.2, -0.15) is 0 Å². The molecule has 0 amide bonds. The highest BCUT2D eigenvalue weighted by Gasteiger charge is 2.12. The van der Waals surface area contributed by atoms with Crippen molar-refractivity contribution in [3.63, 3.8) is 0 Å². The van der Waals surface area contributed by atoms with E-state index in [1.807, 2.05) is 36.4 Å². The largest absolute Gasteiger partial charge is 0.475 e. The van der Waals surface area contributed by atoms with E-state index in [0.717, 1.165) is 22.4 Å². The Morgan fingerprint density at radius 1 is 0.833 bits per heavy atom. The van der Waals surface area contributed by atoms with Gasteiger partial charge in [-0.25, -0.2) is 9.78 Å². The molecule has 2 heterocycles. The highest BCUT2D eigenvalue weighted by Crippen LogP contribution is 2.26. The number of carboxylic acid groups (broad SMARTS) is 1. The van der Waals surface area contributed by atoms with Gasteiger partial charge in [-0.15, -0.1) is 0 Å². The monoisotopic (exact) mass is 315 g/mol. The molecule has 4 rings (SSSR count). The van der Waals surface area contributed by atoms with Crippen LogP contribution in [0.25, 0.3) is 33.5 Å². The van der Waals surface area contributed by atoms with Crippen molar-refractivity contribution in [3.8, 4) is 22.4 Å². The number of rotatable bonds is 3. The number of carboxylic acids is 1. The molecule has 4 nitrogen and oxygen atoms in total. The Balaban J connectivity index is 1.70. The average molecular weight is 315 g/mol. The summed E-state index contributed by atoms with van der Waals surface area (Å²) in [6, 6.07) is 23.3. The Morgan fingerprint density at radius 2 is 1.50 bits per heavy atom. The molecule has 4 heteroatoms. The number of aromatic nitrogens is 1. The van der Waals surface area contributed by atoms with Gasteiger partial charge < -0.3 is 9.52 Å². The van der Waals surface area contributed by atoms with Crippen LogP contribution in [0.1, 0.15) is 10.6 Å². The maximum Gasteiger partial charge on any atom is 0.371 e. The molecular weight excluding hydrogens is 302 g/mol. The Bertz CT molecular complexity index is 1020. The van der Waals surface area contributed by atoms with Gasteiger partial charge in [0, 0.05) is 11.6 Å². The third-order valence-corrected chi connectivity index (χ3v) is 3.87. The van der Waals surface area contributed by atoms with E-state index in [9.17, 15) is 4.79 Å². The standard InChI is InChI=1S/C20H13NO3/c22-20(23)19-12-17-18(24-19)11-10-16(21-17)15-8-6-14(7-9-15)13-4-2-1-3-5-13/h1-12H,(H,22,23). The molecule has 116 valence electrons. The van der Waals surface area contributed by atoms with Crippen LogP contribution in [0.15, 0.2) is 77.2 Å². The van der Waals surface area contributed by atoms with Gasteiger partial charge >= 0.3 is 5.97 Å². The van der Waals surface area contributed by atoms with E-state index in [0.29, 0.717) is 11.1 Å². The first-order valence-electron chi connectivity index (χ1n) is 7.50. The van der Waals surface area contributed by atoms with E-state index in [4.69, 9.17) is 9.52 Å². The Morgan fingerprint density at radius 3 is 2.21 bits per heavy atom. The summed E-state index contributed by atoms with van der Waals surface area (Å²) in [6.45, 7) is 0. The molecule has 0 radical (unpaired) electrons. The first-order valence-corrected chi connectivity index (χ1v) is 7.50. The number of fused-ring (bicyclic) bond motifs is 1. The van der Waals surface area contributed by atoms with Crippen molar-refractivity contribution < 1.29 is 14.3 Å². The normalized spacial score (nSPS) is 10.8. The summed E-state index contributed by atoms with van der Waals surface area (Å²) in [4.78, 5) is 15.5. The van der Waals surface area contributed by atoms with Gasteiger partial charge in [-0.1, -0.05) is 54.6 Å². The van der Waals surface area contributed by atoms with Crippen molar-refractivity contribution in [2.45, 2.75) is 0 Å². The van der Waals surface area contributed by atoms with Crippen LogP contribution < -0.4 is 0 Å². The molecule has 24 heavy (non-hydrogen) atoms. The van der Waals surface area contributed by atoms with E-state index in [-0.39, 0.29) is 5.76 Å². The van der Waals surface area contributed by atoms with Gasteiger partial charge in [0.05, 0.1) is 5.69 Å². The van der Waals surface area contributed by atoms with Gasteiger partial charge in [0.25, 0.3) is 0 Å². The highest BCUT2D eigenvalue weighted by atomic mass is 16.4. The first kappa shape index (κ1) is 14.2. The lowest BCUT2D eigenvalue weighted by Gasteiger charge is -2.04. The van der Waals surface area contributed by atoms with Crippen molar-refractivity contribution >= 4 is 17.1 Å². The molecule has 0 aliphatic carbocycles. The van der Waals surface area contributed by atoms with Crippen molar-refractivity contribution in [2.24, 2.45) is 0 Å². The second kappa shape index (κ2) is 5.66. The van der Waals surface area contributed by atoms with Gasteiger partial charge in [0.2, 0.25) is 5.76 Å². The fraction of sp³-hybridized carbons (Fsp3) is 0. The number of nitrogens with zero attached hydrogens (tertiary/aromatic N) is 1. The fourth-order valence-electron chi connectivity index (χ4n) is 2.65. The zero-order valence-corrected chi connectivity index (χ0v) is 12.6. The van der Waals surface area contributed by atoms with Crippen molar-refractivity contribution in [1.29, 1.82) is 0 Å². The van der Waals surface area contributed by atoms with E-state index in [1.165, 1.54) is 6.07 Å². The molecule has 1 N–H and O–H groups in total. The van der Waals surface area contributed by atoms with Crippen LogP contribution in [0, 0.1) is 0 Å². The number of furan rings is 1. The molecule has 0 bridgehead atoms. The fourth-order valence-corrected chi connectivity index (χ4v) is 2.65. The number of carbonyl (C=O) groups is 1. The second-order valence-electron chi connectivity index (χ2n) is 5.44. The SMILES string of the molecule is O=C(O)c1cc2nc(-c3ccc(-c4ccccc4)cc3)ccc2o1. The van der Waals surface area contributed by atoms with E-state index < -0.39 is 5.97 Å². The van der Waals surface area contributed by atoms with Crippen LogP contribution in [0.4, 0.5) is 0 Å². The predicted octanol–water partition coefficient (Wildman–Crippen LogP) is 4.86. The van der Waals surface area contributed by atoms with E-state index in [2.05, 4.69) is 29.2 Å². The minimum absolute atomic E-state index is 0.103. The Hall–Kier alpha value is -3.40. The van der Waals surface area contributed by atoms with Gasteiger partial charge in [-0.05, 0) is 23.3 Å². The molecule has 2 aromatic heterocycles. The molecule has 0 fully saturated rings. The summed E-state index contributed by atoms with van der Waals surface area (Å²) in [5.74, 6) is -1.20. The number of hydrogen-bond acceptors (Lipinski definition) is 3. The molecule has 0 spiro atoms. The van der Waals surface area contributed by atoms with Crippen LogP contribution in [0.5, 0.6) is 0 Å². The highest BCUT2D eigenvalue weighted by molar-refractivity contribution is 5.90. The molecule has 2 aromatic carbocycles. The third kappa shape index (κ3) is 2.54. The Kier molecular flexibility index (Phi) is 3.35. The molecule has 0 aliphatic rings. The third-order valence-electron chi connectivity index (χ3n) is 3.87. The zero-order valence-electron chi connectivity index (χ0n) is 12.6.